The lowest BCUT2D eigenvalue weighted by Gasteiger charge is -2.18. The van der Waals surface area contributed by atoms with Crippen molar-refractivity contribution in [3.8, 4) is 5.75 Å². The molecule has 1 unspecified atom stereocenters. The smallest absolute Gasteiger partial charge is 0.256 e. The van der Waals surface area contributed by atoms with Gasteiger partial charge < -0.3 is 10.5 Å². The molecule has 0 bridgehead atoms. The van der Waals surface area contributed by atoms with E-state index in [1.165, 1.54) is 0 Å². The highest BCUT2D eigenvalue weighted by molar-refractivity contribution is 6.04. The number of benzene rings is 1. The predicted octanol–water partition coefficient (Wildman–Crippen LogP) is 0.886. The minimum atomic E-state index is -0.589. The van der Waals surface area contributed by atoms with E-state index in [9.17, 15) is 4.79 Å². The Morgan fingerprint density at radius 2 is 2.28 bits per heavy atom. The Morgan fingerprint density at radius 1 is 1.50 bits per heavy atom. The van der Waals surface area contributed by atoms with E-state index >= 15 is 0 Å². The fraction of sp³-hybridized carbons (Fsp3) is 0.385. The highest BCUT2D eigenvalue weighted by Crippen LogP contribution is 2.41. The van der Waals surface area contributed by atoms with E-state index in [1.54, 1.807) is 0 Å². The molecule has 3 rings (SSSR count). The zero-order valence-electron chi connectivity index (χ0n) is 10.4. The lowest BCUT2D eigenvalue weighted by atomic mass is 9.98. The standard InChI is InChI=1S/C13H15N3O2/c1-13(2)6-7-4-3-5-8(10(7)18-13)9-11(17)16-12(14)15-9/h3-5,9H,6H2,1-2H3,(H3,14,15,16,17). The molecule has 2 aliphatic rings. The second-order valence-electron chi connectivity index (χ2n) is 5.28. The van der Waals surface area contributed by atoms with Crippen LogP contribution in [0.1, 0.15) is 31.0 Å². The maximum Gasteiger partial charge on any atom is 0.256 e. The third-order valence-electron chi connectivity index (χ3n) is 3.18. The van der Waals surface area contributed by atoms with Crippen LogP contribution in [0.5, 0.6) is 5.75 Å². The second kappa shape index (κ2) is 3.48. The first kappa shape index (κ1) is 11.1. The molecule has 0 saturated heterocycles. The first-order valence-corrected chi connectivity index (χ1v) is 5.91. The lowest BCUT2D eigenvalue weighted by Crippen LogP contribution is -2.31. The van der Waals surface area contributed by atoms with Gasteiger partial charge in [0, 0.05) is 12.0 Å². The van der Waals surface area contributed by atoms with Crippen LogP contribution < -0.4 is 15.8 Å². The van der Waals surface area contributed by atoms with Gasteiger partial charge in [-0.25, -0.2) is 4.99 Å². The second-order valence-corrected chi connectivity index (χ2v) is 5.28. The van der Waals surface area contributed by atoms with Crippen molar-refractivity contribution in [3.63, 3.8) is 0 Å². The average Bonchev–Trinajstić information content (AvgIpc) is 2.75. The number of nitrogens with zero attached hydrogens (tertiary/aromatic N) is 1. The molecule has 1 atom stereocenters. The Bertz CT molecular complexity index is 563. The van der Waals surface area contributed by atoms with Crippen LogP contribution in [-0.2, 0) is 11.2 Å². The maximum absolute atomic E-state index is 11.8. The summed E-state index contributed by atoms with van der Waals surface area (Å²) in [5.74, 6) is 0.746. The van der Waals surface area contributed by atoms with Gasteiger partial charge >= 0.3 is 0 Å². The minimum absolute atomic E-state index is 0.167. The summed E-state index contributed by atoms with van der Waals surface area (Å²) in [4.78, 5) is 15.9. The summed E-state index contributed by atoms with van der Waals surface area (Å²) in [6.07, 6.45) is 0.837. The minimum Gasteiger partial charge on any atom is -0.487 e. The van der Waals surface area contributed by atoms with Crippen molar-refractivity contribution < 1.29 is 9.53 Å². The molecule has 94 valence electrons. The summed E-state index contributed by atoms with van der Waals surface area (Å²) in [6, 6.07) is 5.23. The molecule has 1 amide bonds. The molecule has 0 radical (unpaired) electrons. The van der Waals surface area contributed by atoms with E-state index in [0.29, 0.717) is 0 Å². The van der Waals surface area contributed by atoms with Crippen LogP contribution >= 0.6 is 0 Å². The molecule has 5 nitrogen and oxygen atoms in total. The number of amides is 1. The van der Waals surface area contributed by atoms with Crippen molar-refractivity contribution in [2.75, 3.05) is 0 Å². The van der Waals surface area contributed by atoms with Gasteiger partial charge in [0.1, 0.15) is 11.4 Å². The fourth-order valence-electron chi connectivity index (χ4n) is 2.49. The highest BCUT2D eigenvalue weighted by atomic mass is 16.5. The SMILES string of the molecule is CC1(C)Cc2cccc(C3N=C(N)NC3=O)c2O1. The number of carbonyl (C=O) groups excluding carboxylic acids is 1. The fourth-order valence-corrected chi connectivity index (χ4v) is 2.49. The van der Waals surface area contributed by atoms with E-state index in [0.717, 1.165) is 23.3 Å². The molecule has 2 aliphatic heterocycles. The Kier molecular flexibility index (Phi) is 2.14. The lowest BCUT2D eigenvalue weighted by molar-refractivity contribution is -0.120. The summed E-state index contributed by atoms with van der Waals surface area (Å²) in [7, 11) is 0. The van der Waals surface area contributed by atoms with Crippen molar-refractivity contribution in [1.29, 1.82) is 0 Å². The number of rotatable bonds is 1. The molecule has 2 heterocycles. The molecule has 18 heavy (non-hydrogen) atoms. The molecule has 1 aromatic carbocycles. The first-order chi connectivity index (χ1) is 8.46. The number of aliphatic imine (C=N–C) groups is 1. The molecule has 0 aromatic heterocycles. The number of hydrogen-bond acceptors (Lipinski definition) is 4. The predicted molar refractivity (Wildman–Crippen MR) is 67.4 cm³/mol. The van der Waals surface area contributed by atoms with Crippen LogP contribution in [0, 0.1) is 0 Å². The van der Waals surface area contributed by atoms with E-state index < -0.39 is 6.04 Å². The number of nitrogens with one attached hydrogen (secondary N) is 1. The van der Waals surface area contributed by atoms with Crippen LogP contribution in [0.4, 0.5) is 0 Å². The number of carbonyl (C=O) groups is 1. The Labute approximate surface area is 105 Å². The maximum atomic E-state index is 11.8. The summed E-state index contributed by atoms with van der Waals surface area (Å²) >= 11 is 0. The summed E-state index contributed by atoms with van der Waals surface area (Å²) in [5.41, 5.74) is 7.20. The summed E-state index contributed by atoms with van der Waals surface area (Å²) < 4.78 is 5.93. The Balaban J connectivity index is 2.06. The van der Waals surface area contributed by atoms with Crippen molar-refractivity contribution in [2.45, 2.75) is 31.9 Å². The Morgan fingerprint density at radius 3 is 2.94 bits per heavy atom. The zero-order chi connectivity index (χ0) is 12.9. The third-order valence-corrected chi connectivity index (χ3v) is 3.18. The third kappa shape index (κ3) is 1.63. The van der Waals surface area contributed by atoms with Crippen molar-refractivity contribution in [1.82, 2.24) is 5.32 Å². The van der Waals surface area contributed by atoms with Gasteiger partial charge in [-0.2, -0.15) is 0 Å². The van der Waals surface area contributed by atoms with Gasteiger partial charge in [-0.15, -0.1) is 0 Å². The summed E-state index contributed by atoms with van der Waals surface area (Å²) in [5, 5.41) is 2.51. The number of fused-ring (bicyclic) bond motifs is 1. The first-order valence-electron chi connectivity index (χ1n) is 5.91. The molecule has 0 spiro atoms. The normalized spacial score (nSPS) is 24.2. The van der Waals surface area contributed by atoms with Crippen LogP contribution in [-0.4, -0.2) is 17.5 Å². The van der Waals surface area contributed by atoms with Crippen molar-refractivity contribution in [2.24, 2.45) is 10.7 Å². The molecule has 0 aliphatic carbocycles. The Hall–Kier alpha value is -2.04. The van der Waals surface area contributed by atoms with Gasteiger partial charge in [-0.1, -0.05) is 18.2 Å². The van der Waals surface area contributed by atoms with Gasteiger partial charge in [0.25, 0.3) is 5.91 Å². The number of para-hydroxylation sites is 1. The van der Waals surface area contributed by atoms with Crippen molar-refractivity contribution in [3.05, 3.63) is 29.3 Å². The summed E-state index contributed by atoms with van der Waals surface area (Å²) in [6.45, 7) is 4.06. The molecule has 5 heteroatoms. The van der Waals surface area contributed by atoms with E-state index in [-0.39, 0.29) is 17.5 Å². The number of nitrogens with two attached hydrogens (primary N) is 1. The highest BCUT2D eigenvalue weighted by Gasteiger charge is 2.36. The molecule has 3 N–H and O–H groups in total. The molecular weight excluding hydrogens is 230 g/mol. The molecule has 0 saturated carbocycles. The average molecular weight is 245 g/mol. The van der Waals surface area contributed by atoms with Crippen LogP contribution in [0.2, 0.25) is 0 Å². The zero-order valence-corrected chi connectivity index (χ0v) is 10.4. The number of guanidine groups is 1. The topological polar surface area (TPSA) is 76.7 Å². The van der Waals surface area contributed by atoms with Crippen LogP contribution in [0.3, 0.4) is 0 Å². The van der Waals surface area contributed by atoms with Gasteiger partial charge in [0.05, 0.1) is 0 Å². The molecular formula is C13H15N3O2. The van der Waals surface area contributed by atoms with Gasteiger partial charge in [0.15, 0.2) is 12.0 Å². The van der Waals surface area contributed by atoms with E-state index in [4.69, 9.17) is 10.5 Å². The van der Waals surface area contributed by atoms with Gasteiger partial charge in [-0.05, 0) is 19.4 Å². The largest absolute Gasteiger partial charge is 0.487 e. The van der Waals surface area contributed by atoms with E-state index in [2.05, 4.69) is 10.3 Å². The van der Waals surface area contributed by atoms with Crippen molar-refractivity contribution >= 4 is 11.9 Å². The quantitative estimate of drug-likeness (QED) is 0.771. The number of hydrogen-bond donors (Lipinski definition) is 2. The number of ether oxygens (including phenoxy) is 1. The van der Waals surface area contributed by atoms with Gasteiger partial charge in [0.2, 0.25) is 0 Å². The van der Waals surface area contributed by atoms with Crippen LogP contribution in [0.25, 0.3) is 0 Å². The van der Waals surface area contributed by atoms with Gasteiger partial charge in [-0.3, -0.25) is 10.1 Å². The monoisotopic (exact) mass is 245 g/mol. The van der Waals surface area contributed by atoms with E-state index in [1.807, 2.05) is 32.0 Å². The molecule has 0 fully saturated rings. The molecule has 1 aromatic rings. The van der Waals surface area contributed by atoms with Crippen LogP contribution in [0.15, 0.2) is 23.2 Å².